The number of methoxy groups -OCH3 is 1. The maximum absolute atomic E-state index is 6.10. The Labute approximate surface area is 101 Å². The number of nitrogens with one attached hydrogen (secondary N) is 1. The fourth-order valence-corrected chi connectivity index (χ4v) is 1.89. The van der Waals surface area contributed by atoms with Crippen LogP contribution in [-0.4, -0.2) is 26.1 Å². The van der Waals surface area contributed by atoms with E-state index in [1.165, 1.54) is 0 Å². The summed E-state index contributed by atoms with van der Waals surface area (Å²) >= 11 is 6.10. The second-order valence-electron chi connectivity index (χ2n) is 3.88. The molecule has 0 fully saturated rings. The van der Waals surface area contributed by atoms with Gasteiger partial charge in [-0.2, -0.15) is 0 Å². The Morgan fingerprint density at radius 3 is 2.50 bits per heavy atom. The molecule has 0 aliphatic carbocycles. The first-order valence-corrected chi connectivity index (χ1v) is 5.35. The molecule has 0 saturated carbocycles. The number of nitrogens with two attached hydrogens (primary N) is 1. The summed E-state index contributed by atoms with van der Waals surface area (Å²) in [6, 6.07) is 3.78. The number of ether oxygens (including phenoxy) is 1. The highest BCUT2D eigenvalue weighted by Crippen LogP contribution is 2.31. The van der Waals surface area contributed by atoms with Crippen molar-refractivity contribution in [2.24, 2.45) is 5.84 Å². The van der Waals surface area contributed by atoms with Gasteiger partial charge in [0.05, 0.1) is 18.3 Å². The van der Waals surface area contributed by atoms with Crippen molar-refractivity contribution < 1.29 is 4.74 Å². The van der Waals surface area contributed by atoms with Crippen LogP contribution in [0.4, 0.5) is 0 Å². The molecule has 16 heavy (non-hydrogen) atoms. The Morgan fingerprint density at radius 1 is 1.44 bits per heavy atom. The van der Waals surface area contributed by atoms with Gasteiger partial charge >= 0.3 is 0 Å². The summed E-state index contributed by atoms with van der Waals surface area (Å²) in [4.78, 5) is 1.98. The van der Waals surface area contributed by atoms with Gasteiger partial charge in [-0.15, -0.1) is 0 Å². The van der Waals surface area contributed by atoms with Gasteiger partial charge in [-0.05, 0) is 44.3 Å². The fourth-order valence-electron chi connectivity index (χ4n) is 1.64. The number of nitrogens with zero attached hydrogens (tertiary/aromatic N) is 1. The minimum Gasteiger partial charge on any atom is -0.495 e. The Kier molecular flexibility index (Phi) is 4.56. The van der Waals surface area contributed by atoms with Gasteiger partial charge in [0.1, 0.15) is 5.75 Å². The van der Waals surface area contributed by atoms with E-state index in [0.29, 0.717) is 10.8 Å². The first-order chi connectivity index (χ1) is 7.51. The minimum atomic E-state index is -0.0663. The lowest BCUT2D eigenvalue weighted by molar-refractivity contribution is 0.252. The topological polar surface area (TPSA) is 50.5 Å². The van der Waals surface area contributed by atoms with Gasteiger partial charge in [0.2, 0.25) is 0 Å². The minimum absolute atomic E-state index is 0.0663. The van der Waals surface area contributed by atoms with Gasteiger partial charge in [-0.3, -0.25) is 10.7 Å². The van der Waals surface area contributed by atoms with E-state index in [1.807, 2.05) is 38.1 Å². The molecule has 1 aromatic rings. The average molecular weight is 244 g/mol. The van der Waals surface area contributed by atoms with Crippen molar-refractivity contribution in [3.63, 3.8) is 0 Å². The number of hydrazine groups is 1. The highest BCUT2D eigenvalue weighted by atomic mass is 35.5. The van der Waals surface area contributed by atoms with Crippen LogP contribution in [0.5, 0.6) is 5.75 Å². The zero-order chi connectivity index (χ0) is 12.3. The normalized spacial score (nSPS) is 12.9. The smallest absolute Gasteiger partial charge is 0.137 e. The third kappa shape index (κ3) is 2.65. The molecule has 1 atom stereocenters. The molecule has 1 unspecified atom stereocenters. The summed E-state index contributed by atoms with van der Waals surface area (Å²) in [5.41, 5.74) is 4.87. The van der Waals surface area contributed by atoms with Crippen molar-refractivity contribution in [1.82, 2.24) is 10.3 Å². The van der Waals surface area contributed by atoms with Crippen molar-refractivity contribution >= 4 is 11.6 Å². The zero-order valence-electron chi connectivity index (χ0n) is 10.0. The van der Waals surface area contributed by atoms with E-state index < -0.39 is 0 Å². The summed E-state index contributed by atoms with van der Waals surface area (Å²) in [6.07, 6.45) is -0.0663. The summed E-state index contributed by atoms with van der Waals surface area (Å²) in [7, 11) is 5.50. The van der Waals surface area contributed by atoms with Crippen molar-refractivity contribution in [3.8, 4) is 5.75 Å². The zero-order valence-corrected chi connectivity index (χ0v) is 10.8. The predicted octanol–water partition coefficient (Wildman–Crippen LogP) is 1.68. The third-order valence-corrected chi connectivity index (χ3v) is 2.80. The highest BCUT2D eigenvalue weighted by Gasteiger charge is 2.16. The molecular formula is C11H18ClN3O. The Hall–Kier alpha value is -0.810. The monoisotopic (exact) mass is 243 g/mol. The third-order valence-electron chi connectivity index (χ3n) is 2.51. The van der Waals surface area contributed by atoms with Crippen molar-refractivity contribution in [1.29, 1.82) is 0 Å². The first-order valence-electron chi connectivity index (χ1n) is 4.97. The largest absolute Gasteiger partial charge is 0.495 e. The number of hydrogen-bond acceptors (Lipinski definition) is 4. The second-order valence-corrected chi connectivity index (χ2v) is 4.28. The Balaban J connectivity index is 3.18. The van der Waals surface area contributed by atoms with Crippen LogP contribution in [0.25, 0.3) is 0 Å². The second kappa shape index (κ2) is 5.50. The first kappa shape index (κ1) is 13.3. The van der Waals surface area contributed by atoms with Gasteiger partial charge < -0.3 is 4.74 Å². The molecule has 0 aromatic heterocycles. The highest BCUT2D eigenvalue weighted by molar-refractivity contribution is 6.32. The maximum atomic E-state index is 6.10. The van der Waals surface area contributed by atoms with Crippen molar-refractivity contribution in [2.45, 2.75) is 13.1 Å². The number of halogens is 1. The van der Waals surface area contributed by atoms with Crippen LogP contribution in [0, 0.1) is 6.92 Å². The summed E-state index contributed by atoms with van der Waals surface area (Å²) in [6.45, 7) is 2.00. The lowest BCUT2D eigenvalue weighted by Crippen LogP contribution is -2.38. The van der Waals surface area contributed by atoms with Crippen LogP contribution < -0.4 is 16.0 Å². The molecule has 3 N–H and O–H groups in total. The van der Waals surface area contributed by atoms with Crippen LogP contribution in [-0.2, 0) is 0 Å². The van der Waals surface area contributed by atoms with Gasteiger partial charge in [0.15, 0.2) is 0 Å². The van der Waals surface area contributed by atoms with E-state index in [9.17, 15) is 0 Å². The molecule has 0 bridgehead atoms. The van der Waals surface area contributed by atoms with E-state index in [2.05, 4.69) is 5.43 Å². The van der Waals surface area contributed by atoms with Crippen molar-refractivity contribution in [2.75, 3.05) is 21.2 Å². The van der Waals surface area contributed by atoms with E-state index in [4.69, 9.17) is 22.2 Å². The van der Waals surface area contributed by atoms with E-state index in [1.54, 1.807) is 7.11 Å². The molecule has 0 aliphatic heterocycles. The summed E-state index contributed by atoms with van der Waals surface area (Å²) in [5, 5.41) is 0.588. The SMILES string of the molecule is COc1cc(C)c(C(NN)N(C)C)cc1Cl. The number of benzene rings is 1. The molecule has 0 amide bonds. The summed E-state index contributed by atoms with van der Waals surface area (Å²) in [5.74, 6) is 6.21. The summed E-state index contributed by atoms with van der Waals surface area (Å²) < 4.78 is 5.16. The standard InChI is InChI=1S/C11H18ClN3O/c1-7-5-10(16-4)9(12)6-8(7)11(14-13)15(2)3/h5-6,11,14H,13H2,1-4H3. The molecule has 0 radical (unpaired) electrons. The number of aryl methyl sites for hydroxylation is 1. The van der Waals surface area contributed by atoms with Crippen LogP contribution in [0.15, 0.2) is 12.1 Å². The molecule has 4 nitrogen and oxygen atoms in total. The van der Waals surface area contributed by atoms with E-state index in [-0.39, 0.29) is 6.17 Å². The molecule has 1 aromatic carbocycles. The van der Waals surface area contributed by atoms with E-state index in [0.717, 1.165) is 11.1 Å². The molecular weight excluding hydrogens is 226 g/mol. The van der Waals surface area contributed by atoms with Gasteiger partial charge in [-0.25, -0.2) is 5.43 Å². The molecule has 90 valence electrons. The lowest BCUT2D eigenvalue weighted by Gasteiger charge is -2.25. The van der Waals surface area contributed by atoms with E-state index >= 15 is 0 Å². The Morgan fingerprint density at radius 2 is 2.06 bits per heavy atom. The van der Waals surface area contributed by atoms with Gasteiger partial charge in [-0.1, -0.05) is 11.6 Å². The molecule has 0 heterocycles. The molecule has 0 aliphatic rings. The molecule has 5 heteroatoms. The molecule has 1 rings (SSSR count). The molecule has 0 saturated heterocycles. The lowest BCUT2D eigenvalue weighted by atomic mass is 10.1. The maximum Gasteiger partial charge on any atom is 0.137 e. The van der Waals surface area contributed by atoms with Crippen LogP contribution in [0.3, 0.4) is 0 Å². The fraction of sp³-hybridized carbons (Fsp3) is 0.455. The van der Waals surface area contributed by atoms with Crippen LogP contribution >= 0.6 is 11.6 Å². The average Bonchev–Trinajstić information content (AvgIpc) is 2.23. The van der Waals surface area contributed by atoms with Gasteiger partial charge in [0.25, 0.3) is 0 Å². The molecule has 0 spiro atoms. The van der Waals surface area contributed by atoms with Crippen LogP contribution in [0.1, 0.15) is 17.3 Å². The number of hydrogen-bond donors (Lipinski definition) is 2. The quantitative estimate of drug-likeness (QED) is 0.480. The van der Waals surface area contributed by atoms with Crippen LogP contribution in [0.2, 0.25) is 5.02 Å². The van der Waals surface area contributed by atoms with Crippen molar-refractivity contribution in [3.05, 3.63) is 28.3 Å². The predicted molar refractivity (Wildman–Crippen MR) is 66.5 cm³/mol. The number of rotatable bonds is 4. The Bertz CT molecular complexity index is 368. The van der Waals surface area contributed by atoms with Gasteiger partial charge in [0, 0.05) is 0 Å².